The summed E-state index contributed by atoms with van der Waals surface area (Å²) in [5.74, 6) is 1.03. The molecule has 0 saturated heterocycles. The highest BCUT2D eigenvalue weighted by Crippen LogP contribution is 2.32. The Balaban J connectivity index is 1.94. The van der Waals surface area contributed by atoms with Crippen molar-refractivity contribution in [3.05, 3.63) is 0 Å². The Kier molecular flexibility index (Phi) is 6.66. The normalized spacial score (nSPS) is 29.2. The molecule has 0 aromatic carbocycles. The van der Waals surface area contributed by atoms with E-state index in [9.17, 15) is 0 Å². The molecular formula is C17H34N2. The molecule has 0 radical (unpaired) electrons. The highest BCUT2D eigenvalue weighted by molar-refractivity contribution is 4.88. The van der Waals surface area contributed by atoms with E-state index in [1.165, 1.54) is 77.4 Å². The summed E-state index contributed by atoms with van der Waals surface area (Å²) < 4.78 is 0. The Morgan fingerprint density at radius 1 is 0.947 bits per heavy atom. The molecule has 0 heterocycles. The van der Waals surface area contributed by atoms with Gasteiger partial charge in [0.15, 0.2) is 0 Å². The maximum atomic E-state index is 3.86. The van der Waals surface area contributed by atoms with Crippen LogP contribution < -0.4 is 5.32 Å². The maximum absolute atomic E-state index is 3.86. The fraction of sp³-hybridized carbons (Fsp3) is 1.00. The number of nitrogens with zero attached hydrogens (tertiary/aromatic N) is 1. The van der Waals surface area contributed by atoms with Crippen molar-refractivity contribution in [3.63, 3.8) is 0 Å². The largest absolute Gasteiger partial charge is 0.312 e. The molecule has 2 fully saturated rings. The summed E-state index contributed by atoms with van der Waals surface area (Å²) in [7, 11) is 0. The molecule has 1 N–H and O–H groups in total. The highest BCUT2D eigenvalue weighted by Gasteiger charge is 2.31. The molecule has 0 amide bonds. The quantitative estimate of drug-likeness (QED) is 0.754. The molecule has 0 spiro atoms. The fourth-order valence-corrected chi connectivity index (χ4v) is 3.60. The van der Waals surface area contributed by atoms with Crippen LogP contribution in [-0.2, 0) is 0 Å². The minimum Gasteiger partial charge on any atom is -0.312 e. The van der Waals surface area contributed by atoms with Gasteiger partial charge in [0.1, 0.15) is 0 Å². The minimum absolute atomic E-state index is 0.749. The smallest absolute Gasteiger partial charge is 0.0249 e. The highest BCUT2D eigenvalue weighted by atomic mass is 15.2. The van der Waals surface area contributed by atoms with E-state index in [4.69, 9.17) is 0 Å². The lowest BCUT2D eigenvalue weighted by Gasteiger charge is -2.38. The Morgan fingerprint density at radius 3 is 2.32 bits per heavy atom. The van der Waals surface area contributed by atoms with Gasteiger partial charge in [-0.2, -0.15) is 0 Å². The van der Waals surface area contributed by atoms with Gasteiger partial charge in [-0.1, -0.05) is 39.5 Å². The average Bonchev–Trinajstić information content (AvgIpc) is 3.20. The van der Waals surface area contributed by atoms with Gasteiger partial charge in [0.2, 0.25) is 0 Å². The molecule has 112 valence electrons. The van der Waals surface area contributed by atoms with Crippen molar-refractivity contribution in [3.8, 4) is 0 Å². The molecule has 2 aliphatic carbocycles. The maximum Gasteiger partial charge on any atom is 0.0249 e. The Morgan fingerprint density at radius 2 is 1.68 bits per heavy atom. The van der Waals surface area contributed by atoms with Crippen LogP contribution >= 0.6 is 0 Å². The van der Waals surface area contributed by atoms with E-state index in [1.54, 1.807) is 0 Å². The van der Waals surface area contributed by atoms with E-state index in [0.717, 1.165) is 18.0 Å². The van der Waals surface area contributed by atoms with Gasteiger partial charge >= 0.3 is 0 Å². The van der Waals surface area contributed by atoms with Crippen molar-refractivity contribution in [2.24, 2.45) is 5.92 Å². The van der Waals surface area contributed by atoms with Crippen LogP contribution in [0.2, 0.25) is 0 Å². The first kappa shape index (κ1) is 15.3. The molecule has 2 unspecified atom stereocenters. The molecule has 2 aliphatic rings. The third-order valence-corrected chi connectivity index (χ3v) is 4.95. The monoisotopic (exact) mass is 266 g/mol. The summed E-state index contributed by atoms with van der Waals surface area (Å²) in [5.41, 5.74) is 0. The van der Waals surface area contributed by atoms with Gasteiger partial charge in [-0.25, -0.2) is 0 Å². The van der Waals surface area contributed by atoms with Crippen LogP contribution in [0.5, 0.6) is 0 Å². The van der Waals surface area contributed by atoms with Crippen LogP contribution in [0.4, 0.5) is 0 Å². The van der Waals surface area contributed by atoms with Crippen LogP contribution in [0.25, 0.3) is 0 Å². The molecule has 0 bridgehead atoms. The van der Waals surface area contributed by atoms with Crippen molar-refractivity contribution in [2.45, 2.75) is 83.7 Å². The summed E-state index contributed by atoms with van der Waals surface area (Å²) in [4.78, 5) is 2.80. The molecular weight excluding hydrogens is 232 g/mol. The van der Waals surface area contributed by atoms with Crippen molar-refractivity contribution in [2.75, 3.05) is 19.6 Å². The standard InChI is InChI=1S/C17H34N2/c1-3-13-18-16-9-7-5-6-8-10-17(16)19(4-2)14-15-11-12-15/h15-18H,3-14H2,1-2H3. The second kappa shape index (κ2) is 8.26. The molecule has 0 aromatic rings. The lowest BCUT2D eigenvalue weighted by molar-refractivity contribution is 0.133. The van der Waals surface area contributed by atoms with Gasteiger partial charge < -0.3 is 5.32 Å². The van der Waals surface area contributed by atoms with Gasteiger partial charge in [-0.05, 0) is 51.1 Å². The Hall–Kier alpha value is -0.0800. The van der Waals surface area contributed by atoms with E-state index in [-0.39, 0.29) is 0 Å². The van der Waals surface area contributed by atoms with Gasteiger partial charge in [0.05, 0.1) is 0 Å². The molecule has 2 rings (SSSR count). The molecule has 2 nitrogen and oxygen atoms in total. The van der Waals surface area contributed by atoms with Crippen LogP contribution in [0.15, 0.2) is 0 Å². The van der Waals surface area contributed by atoms with Crippen molar-refractivity contribution >= 4 is 0 Å². The molecule has 19 heavy (non-hydrogen) atoms. The second-order valence-corrected chi connectivity index (χ2v) is 6.65. The van der Waals surface area contributed by atoms with Gasteiger partial charge in [0.25, 0.3) is 0 Å². The number of hydrogen-bond donors (Lipinski definition) is 1. The van der Waals surface area contributed by atoms with E-state index < -0.39 is 0 Å². The molecule has 2 heteroatoms. The number of likely N-dealkylation sites (N-methyl/N-ethyl adjacent to an activating group) is 1. The first-order chi connectivity index (χ1) is 9.35. The third kappa shape index (κ3) is 5.07. The number of hydrogen-bond acceptors (Lipinski definition) is 2. The lowest BCUT2D eigenvalue weighted by Crippen LogP contribution is -2.51. The van der Waals surface area contributed by atoms with Crippen LogP contribution in [0.3, 0.4) is 0 Å². The predicted molar refractivity (Wildman–Crippen MR) is 83.5 cm³/mol. The summed E-state index contributed by atoms with van der Waals surface area (Å²) >= 11 is 0. The topological polar surface area (TPSA) is 15.3 Å². The molecule has 2 saturated carbocycles. The zero-order valence-electron chi connectivity index (χ0n) is 13.2. The van der Waals surface area contributed by atoms with E-state index >= 15 is 0 Å². The van der Waals surface area contributed by atoms with Gasteiger partial charge in [0, 0.05) is 18.6 Å². The zero-order valence-corrected chi connectivity index (χ0v) is 13.2. The predicted octanol–water partition coefficient (Wildman–Crippen LogP) is 3.81. The summed E-state index contributed by atoms with van der Waals surface area (Å²) in [6, 6.07) is 1.55. The van der Waals surface area contributed by atoms with Crippen LogP contribution in [-0.4, -0.2) is 36.6 Å². The molecule has 0 aromatic heterocycles. The van der Waals surface area contributed by atoms with E-state index in [0.29, 0.717) is 0 Å². The number of nitrogens with one attached hydrogen (secondary N) is 1. The first-order valence-electron chi connectivity index (χ1n) is 8.82. The van der Waals surface area contributed by atoms with Crippen molar-refractivity contribution in [1.29, 1.82) is 0 Å². The van der Waals surface area contributed by atoms with Crippen LogP contribution in [0, 0.1) is 5.92 Å². The minimum atomic E-state index is 0.749. The van der Waals surface area contributed by atoms with Crippen molar-refractivity contribution < 1.29 is 0 Å². The summed E-state index contributed by atoms with van der Waals surface area (Å²) in [5, 5.41) is 3.86. The second-order valence-electron chi connectivity index (χ2n) is 6.65. The SMILES string of the molecule is CCCNC1CCCCCCC1N(CC)CC1CC1. The Bertz CT molecular complexity index is 235. The summed E-state index contributed by atoms with van der Waals surface area (Å²) in [6.45, 7) is 8.45. The Labute approximate surface area is 120 Å². The van der Waals surface area contributed by atoms with E-state index in [1.807, 2.05) is 0 Å². The van der Waals surface area contributed by atoms with Gasteiger partial charge in [-0.3, -0.25) is 4.90 Å². The van der Waals surface area contributed by atoms with Gasteiger partial charge in [-0.15, -0.1) is 0 Å². The molecule has 0 aliphatic heterocycles. The first-order valence-corrected chi connectivity index (χ1v) is 8.82. The van der Waals surface area contributed by atoms with Crippen LogP contribution in [0.1, 0.15) is 71.6 Å². The molecule has 2 atom stereocenters. The third-order valence-electron chi connectivity index (χ3n) is 4.95. The number of rotatable bonds is 7. The fourth-order valence-electron chi connectivity index (χ4n) is 3.60. The summed E-state index contributed by atoms with van der Waals surface area (Å²) in [6.07, 6.45) is 12.8. The average molecular weight is 266 g/mol. The zero-order chi connectivity index (χ0) is 13.5. The lowest BCUT2D eigenvalue weighted by atomic mass is 9.90. The van der Waals surface area contributed by atoms with E-state index in [2.05, 4.69) is 24.1 Å². The van der Waals surface area contributed by atoms with Crippen molar-refractivity contribution in [1.82, 2.24) is 10.2 Å².